The quantitative estimate of drug-likeness (QED) is 0.245. The van der Waals surface area contributed by atoms with Crippen molar-refractivity contribution in [2.75, 3.05) is 0 Å². The molecule has 6 aromatic rings. The maximum atomic E-state index is 12.8. The van der Waals surface area contributed by atoms with Crippen LogP contribution in [0.15, 0.2) is 91.9 Å². The van der Waals surface area contributed by atoms with Crippen molar-refractivity contribution in [1.82, 2.24) is 10.1 Å². The molecule has 0 aliphatic carbocycles. The third-order valence-corrected chi connectivity index (χ3v) is 7.06. The van der Waals surface area contributed by atoms with E-state index < -0.39 is 5.63 Å². The van der Waals surface area contributed by atoms with Crippen LogP contribution in [-0.4, -0.2) is 15.2 Å². The van der Waals surface area contributed by atoms with Gasteiger partial charge >= 0.3 is 5.63 Å². The van der Waals surface area contributed by atoms with Gasteiger partial charge in [0.05, 0.1) is 33.5 Å². The molecular weight excluding hydrogens is 496 g/mol. The molecule has 0 fully saturated rings. The molecule has 8 heteroatoms. The van der Waals surface area contributed by atoms with E-state index in [0.29, 0.717) is 32.4 Å². The maximum absolute atomic E-state index is 12.8. The second-order valence-corrected chi connectivity index (χ2v) is 9.50. The summed E-state index contributed by atoms with van der Waals surface area (Å²) in [7, 11) is 0. The molecule has 0 atom stereocenters. The van der Waals surface area contributed by atoms with Crippen LogP contribution in [0.5, 0.6) is 5.75 Å². The lowest BCUT2D eigenvalue weighted by Crippen LogP contribution is -2.02. The fourth-order valence-corrected chi connectivity index (χ4v) is 5.12. The number of aryl methyl sites for hydroxylation is 1. The molecule has 176 valence electrons. The van der Waals surface area contributed by atoms with Crippen molar-refractivity contribution in [2.24, 2.45) is 0 Å². The molecule has 3 aromatic heterocycles. The maximum Gasteiger partial charge on any atom is 0.346 e. The molecule has 0 saturated heterocycles. The molecule has 0 unspecified atom stereocenters. The smallest absolute Gasteiger partial charge is 0.346 e. The van der Waals surface area contributed by atoms with Gasteiger partial charge in [0.25, 0.3) is 0 Å². The summed E-state index contributed by atoms with van der Waals surface area (Å²) in [4.78, 5) is 17.4. The number of aromatic hydroxyl groups is 1. The Morgan fingerprint density at radius 2 is 1.72 bits per heavy atom. The Hall–Kier alpha value is -4.20. The van der Waals surface area contributed by atoms with Crippen molar-refractivity contribution < 1.29 is 14.0 Å². The highest BCUT2D eigenvalue weighted by Crippen LogP contribution is 2.42. The Morgan fingerprint density at radius 3 is 2.50 bits per heavy atom. The van der Waals surface area contributed by atoms with Gasteiger partial charge in [-0.05, 0) is 42.8 Å². The third kappa shape index (κ3) is 3.79. The van der Waals surface area contributed by atoms with E-state index in [2.05, 4.69) is 10.1 Å². The van der Waals surface area contributed by atoms with Crippen LogP contribution in [0.2, 0.25) is 5.02 Å². The minimum Gasteiger partial charge on any atom is -0.506 e. The first kappa shape index (κ1) is 22.3. The fraction of sp³-hybridized carbons (Fsp3) is 0.0357. The topological polar surface area (TPSA) is 89.4 Å². The van der Waals surface area contributed by atoms with Gasteiger partial charge < -0.3 is 14.0 Å². The summed E-state index contributed by atoms with van der Waals surface area (Å²) in [5, 5.41) is 18.8. The predicted octanol–water partition coefficient (Wildman–Crippen LogP) is 7.57. The molecule has 3 heterocycles. The van der Waals surface area contributed by atoms with E-state index in [1.165, 1.54) is 11.3 Å². The first-order chi connectivity index (χ1) is 17.5. The number of halogens is 1. The van der Waals surface area contributed by atoms with E-state index in [-0.39, 0.29) is 16.9 Å². The average Bonchev–Trinajstić information content (AvgIpc) is 3.52. The van der Waals surface area contributed by atoms with Crippen LogP contribution in [0, 0.1) is 6.92 Å². The molecule has 0 spiro atoms. The molecule has 0 radical (unpaired) electrons. The molecule has 0 saturated carbocycles. The normalized spacial score (nSPS) is 11.3. The summed E-state index contributed by atoms with van der Waals surface area (Å²) in [6, 6.07) is 21.9. The highest BCUT2D eigenvalue weighted by Gasteiger charge is 2.22. The van der Waals surface area contributed by atoms with Gasteiger partial charge in [0.1, 0.15) is 16.3 Å². The molecular formula is C28H17ClN2O4S. The first-order valence-electron chi connectivity index (χ1n) is 11.0. The van der Waals surface area contributed by atoms with E-state index in [9.17, 15) is 9.90 Å². The molecule has 0 bridgehead atoms. The summed E-state index contributed by atoms with van der Waals surface area (Å²) in [5.41, 5.74) is 4.41. The number of hydrogen-bond donors (Lipinski definition) is 1. The lowest BCUT2D eigenvalue weighted by atomic mass is 9.98. The molecule has 0 aliphatic rings. The number of fused-ring (bicyclic) bond motifs is 1. The zero-order valence-corrected chi connectivity index (χ0v) is 20.4. The Kier molecular flexibility index (Phi) is 5.44. The number of nitrogens with zero attached hydrogens (tertiary/aromatic N) is 2. The van der Waals surface area contributed by atoms with Crippen LogP contribution in [-0.2, 0) is 0 Å². The first-order valence-corrected chi connectivity index (χ1v) is 12.3. The number of aromatic nitrogens is 2. The zero-order chi connectivity index (χ0) is 24.8. The Morgan fingerprint density at radius 1 is 0.944 bits per heavy atom. The number of hydrogen-bond acceptors (Lipinski definition) is 7. The van der Waals surface area contributed by atoms with Crippen molar-refractivity contribution >= 4 is 33.9 Å². The van der Waals surface area contributed by atoms with E-state index in [1.54, 1.807) is 30.3 Å². The highest BCUT2D eigenvalue weighted by atomic mass is 35.5. The van der Waals surface area contributed by atoms with Gasteiger partial charge in [-0.25, -0.2) is 9.78 Å². The summed E-state index contributed by atoms with van der Waals surface area (Å²) in [6.45, 7) is 1.83. The lowest BCUT2D eigenvalue weighted by molar-refractivity contribution is 0.422. The lowest BCUT2D eigenvalue weighted by Gasteiger charge is -2.08. The molecule has 0 aliphatic heterocycles. The molecule has 3 aromatic carbocycles. The molecule has 6 nitrogen and oxygen atoms in total. The van der Waals surface area contributed by atoms with Crippen LogP contribution in [0.1, 0.15) is 5.69 Å². The average molecular weight is 513 g/mol. The van der Waals surface area contributed by atoms with Crippen molar-refractivity contribution in [3.8, 4) is 50.0 Å². The number of rotatable bonds is 4. The summed E-state index contributed by atoms with van der Waals surface area (Å²) in [6.07, 6.45) is 0. The van der Waals surface area contributed by atoms with Crippen LogP contribution >= 0.6 is 22.9 Å². The van der Waals surface area contributed by atoms with Crippen molar-refractivity contribution in [3.63, 3.8) is 0 Å². The van der Waals surface area contributed by atoms with E-state index in [0.717, 1.165) is 22.4 Å². The van der Waals surface area contributed by atoms with Crippen LogP contribution in [0.25, 0.3) is 55.2 Å². The second-order valence-electron chi connectivity index (χ2n) is 8.20. The fourth-order valence-electron chi connectivity index (χ4n) is 4.16. The largest absolute Gasteiger partial charge is 0.506 e. The standard InChI is InChI=1S/C28H17ClN2O4S/c1-15-24(17-7-9-18(29)10-8-17)26(35-31-15)19-11-12-23-20(25(19)32)13-21(28(33)34-23)27-30-22(14-36-27)16-5-3-2-4-6-16/h2-14,32H,1H3. The SMILES string of the molecule is Cc1noc(-c2ccc3oc(=O)c(-c4nc(-c5ccccc5)cs4)cc3c2O)c1-c1ccc(Cl)cc1. The summed E-state index contributed by atoms with van der Waals surface area (Å²) < 4.78 is 11.2. The Balaban J connectivity index is 1.49. The van der Waals surface area contributed by atoms with E-state index in [4.69, 9.17) is 20.5 Å². The van der Waals surface area contributed by atoms with Gasteiger partial charge in [0, 0.05) is 16.0 Å². The molecule has 0 amide bonds. The molecule has 36 heavy (non-hydrogen) atoms. The van der Waals surface area contributed by atoms with E-state index >= 15 is 0 Å². The van der Waals surface area contributed by atoms with E-state index in [1.807, 2.05) is 54.8 Å². The highest BCUT2D eigenvalue weighted by molar-refractivity contribution is 7.13. The monoisotopic (exact) mass is 512 g/mol. The third-order valence-electron chi connectivity index (χ3n) is 5.93. The van der Waals surface area contributed by atoms with Crippen LogP contribution in [0.3, 0.4) is 0 Å². The minimum absolute atomic E-state index is 0.0799. The minimum atomic E-state index is -0.527. The van der Waals surface area contributed by atoms with Gasteiger partial charge in [-0.3, -0.25) is 0 Å². The number of benzene rings is 3. The Bertz CT molecular complexity index is 1790. The predicted molar refractivity (Wildman–Crippen MR) is 141 cm³/mol. The van der Waals surface area contributed by atoms with Crippen molar-refractivity contribution in [3.05, 3.63) is 99.3 Å². The second kappa shape index (κ2) is 8.78. The van der Waals surface area contributed by atoms with Crippen LogP contribution < -0.4 is 5.63 Å². The number of thiazole rings is 1. The van der Waals surface area contributed by atoms with Gasteiger partial charge in [0.15, 0.2) is 5.76 Å². The molecule has 6 rings (SSSR count). The van der Waals surface area contributed by atoms with Crippen molar-refractivity contribution in [1.29, 1.82) is 0 Å². The van der Waals surface area contributed by atoms with Crippen molar-refractivity contribution in [2.45, 2.75) is 6.92 Å². The summed E-state index contributed by atoms with van der Waals surface area (Å²) in [5.74, 6) is 0.325. The van der Waals surface area contributed by atoms with Gasteiger partial charge in [-0.2, -0.15) is 0 Å². The zero-order valence-electron chi connectivity index (χ0n) is 18.9. The Labute approximate surface area is 214 Å². The van der Waals surface area contributed by atoms with Crippen LogP contribution in [0.4, 0.5) is 0 Å². The summed E-state index contributed by atoms with van der Waals surface area (Å²) >= 11 is 7.39. The van der Waals surface area contributed by atoms with Gasteiger partial charge in [-0.1, -0.05) is 59.2 Å². The number of phenols is 1. The van der Waals surface area contributed by atoms with Gasteiger partial charge in [0.2, 0.25) is 0 Å². The van der Waals surface area contributed by atoms with Gasteiger partial charge in [-0.15, -0.1) is 11.3 Å². The number of phenolic OH excluding ortho intramolecular Hbond substituents is 1. The molecule has 1 N–H and O–H groups in total.